The summed E-state index contributed by atoms with van der Waals surface area (Å²) in [6, 6.07) is 27.3. The van der Waals surface area contributed by atoms with E-state index in [9.17, 15) is 4.79 Å². The highest BCUT2D eigenvalue weighted by molar-refractivity contribution is 6.00. The minimum atomic E-state index is -0.218. The maximum Gasteiger partial charge on any atom is 0.271 e. The third-order valence-electron chi connectivity index (χ3n) is 3.77. The number of hydrogen-bond donors (Lipinski definition) is 1. The van der Waals surface area contributed by atoms with Gasteiger partial charge in [-0.1, -0.05) is 72.8 Å². The lowest BCUT2D eigenvalue weighted by atomic mass is 10.0. The molecule has 0 saturated heterocycles. The smallest absolute Gasteiger partial charge is 0.267 e. The van der Waals surface area contributed by atoms with Crippen LogP contribution in [0.4, 0.5) is 0 Å². The molecule has 0 aromatic heterocycles. The van der Waals surface area contributed by atoms with Crippen LogP contribution in [0, 0.1) is 0 Å². The zero-order valence-corrected chi connectivity index (χ0v) is 13.4. The van der Waals surface area contributed by atoms with Crippen LogP contribution >= 0.6 is 0 Å². The lowest BCUT2D eigenvalue weighted by molar-refractivity contribution is 0.0955. The molecular weight excluding hydrogens is 296 g/mol. The second kappa shape index (κ2) is 7.38. The first kappa shape index (κ1) is 15.7. The van der Waals surface area contributed by atoms with E-state index in [1.807, 2.05) is 91.9 Å². The van der Waals surface area contributed by atoms with E-state index < -0.39 is 0 Å². The summed E-state index contributed by atoms with van der Waals surface area (Å²) < 4.78 is 0. The van der Waals surface area contributed by atoms with E-state index in [1.54, 1.807) is 0 Å². The van der Waals surface area contributed by atoms with Crippen molar-refractivity contribution in [1.82, 2.24) is 5.43 Å². The fraction of sp³-hybridized carbons (Fsp3) is 0.0476. The van der Waals surface area contributed by atoms with Gasteiger partial charge in [0.1, 0.15) is 0 Å². The van der Waals surface area contributed by atoms with Crippen LogP contribution in [0.5, 0.6) is 0 Å². The van der Waals surface area contributed by atoms with Crippen LogP contribution in [0.25, 0.3) is 11.1 Å². The minimum Gasteiger partial charge on any atom is -0.267 e. The Morgan fingerprint density at radius 2 is 1.25 bits per heavy atom. The normalized spacial score (nSPS) is 11.1. The maximum atomic E-state index is 12.2. The van der Waals surface area contributed by atoms with Gasteiger partial charge in [0, 0.05) is 5.56 Å². The SMILES string of the molecule is C/C(=N/NC(=O)c1ccc(-c2ccccc2)cc1)c1ccccc1. The van der Waals surface area contributed by atoms with Gasteiger partial charge in [-0.15, -0.1) is 0 Å². The van der Waals surface area contributed by atoms with E-state index in [0.29, 0.717) is 5.56 Å². The average molecular weight is 314 g/mol. The number of rotatable bonds is 4. The first-order chi connectivity index (χ1) is 11.7. The van der Waals surface area contributed by atoms with Crippen LogP contribution in [-0.2, 0) is 0 Å². The van der Waals surface area contributed by atoms with E-state index in [2.05, 4.69) is 10.5 Å². The zero-order valence-electron chi connectivity index (χ0n) is 13.4. The van der Waals surface area contributed by atoms with E-state index >= 15 is 0 Å². The molecule has 3 nitrogen and oxygen atoms in total. The molecule has 0 spiro atoms. The van der Waals surface area contributed by atoms with Crippen LogP contribution < -0.4 is 5.43 Å². The van der Waals surface area contributed by atoms with Crippen molar-refractivity contribution in [2.45, 2.75) is 6.92 Å². The summed E-state index contributed by atoms with van der Waals surface area (Å²) in [5.74, 6) is -0.218. The summed E-state index contributed by atoms with van der Waals surface area (Å²) in [6.07, 6.45) is 0. The van der Waals surface area contributed by atoms with Crippen molar-refractivity contribution >= 4 is 11.6 Å². The summed E-state index contributed by atoms with van der Waals surface area (Å²) in [4.78, 5) is 12.2. The standard InChI is InChI=1S/C21H18N2O/c1-16(17-8-4-2-5-9-17)22-23-21(24)20-14-12-19(13-15-20)18-10-6-3-7-11-18/h2-15H,1H3,(H,23,24)/b22-16-. The number of hydrogen-bond acceptors (Lipinski definition) is 2. The Hall–Kier alpha value is -3.20. The molecule has 3 rings (SSSR count). The van der Waals surface area contributed by atoms with Crippen molar-refractivity contribution in [2.24, 2.45) is 5.10 Å². The molecule has 0 bridgehead atoms. The number of benzene rings is 3. The molecule has 0 aliphatic carbocycles. The van der Waals surface area contributed by atoms with E-state index in [1.165, 1.54) is 0 Å². The lowest BCUT2D eigenvalue weighted by Crippen LogP contribution is -2.19. The predicted molar refractivity (Wildman–Crippen MR) is 98.0 cm³/mol. The van der Waals surface area contributed by atoms with Crippen molar-refractivity contribution in [3.05, 3.63) is 96.1 Å². The van der Waals surface area contributed by atoms with Crippen LogP contribution in [0.1, 0.15) is 22.8 Å². The molecule has 0 unspecified atom stereocenters. The number of nitrogens with zero attached hydrogens (tertiary/aromatic N) is 1. The van der Waals surface area contributed by atoms with Crippen molar-refractivity contribution in [1.29, 1.82) is 0 Å². The summed E-state index contributed by atoms with van der Waals surface area (Å²) >= 11 is 0. The molecule has 1 amide bonds. The third-order valence-corrected chi connectivity index (χ3v) is 3.77. The van der Waals surface area contributed by atoms with Gasteiger partial charge in [-0.05, 0) is 35.7 Å². The fourth-order valence-corrected chi connectivity index (χ4v) is 2.39. The molecular formula is C21H18N2O. The molecule has 0 fully saturated rings. The Bertz CT molecular complexity index is 838. The summed E-state index contributed by atoms with van der Waals surface area (Å²) in [6.45, 7) is 1.87. The quantitative estimate of drug-likeness (QED) is 0.559. The van der Waals surface area contributed by atoms with Crippen molar-refractivity contribution in [2.75, 3.05) is 0 Å². The van der Waals surface area contributed by atoms with Gasteiger partial charge in [-0.3, -0.25) is 4.79 Å². The van der Waals surface area contributed by atoms with E-state index in [-0.39, 0.29) is 5.91 Å². The lowest BCUT2D eigenvalue weighted by Gasteiger charge is -2.05. The summed E-state index contributed by atoms with van der Waals surface area (Å²) in [5, 5.41) is 4.17. The van der Waals surface area contributed by atoms with Gasteiger partial charge < -0.3 is 0 Å². The molecule has 3 heteroatoms. The van der Waals surface area contributed by atoms with Crippen molar-refractivity contribution in [3.8, 4) is 11.1 Å². The first-order valence-corrected chi connectivity index (χ1v) is 7.79. The van der Waals surface area contributed by atoms with Gasteiger partial charge in [0.2, 0.25) is 0 Å². The van der Waals surface area contributed by atoms with Crippen LogP contribution in [0.15, 0.2) is 90.0 Å². The Labute approximate surface area is 141 Å². The molecule has 3 aromatic carbocycles. The molecule has 0 aliphatic rings. The molecule has 1 N–H and O–H groups in total. The number of carbonyl (C=O) groups excluding carboxylic acids is 1. The molecule has 24 heavy (non-hydrogen) atoms. The van der Waals surface area contributed by atoms with Gasteiger partial charge in [-0.25, -0.2) is 5.43 Å². The zero-order chi connectivity index (χ0) is 16.8. The number of hydrazone groups is 1. The maximum absolute atomic E-state index is 12.2. The van der Waals surface area contributed by atoms with Crippen LogP contribution in [0.2, 0.25) is 0 Å². The molecule has 0 radical (unpaired) electrons. The van der Waals surface area contributed by atoms with Gasteiger partial charge in [0.05, 0.1) is 5.71 Å². The second-order valence-electron chi connectivity index (χ2n) is 5.45. The Balaban J connectivity index is 1.70. The predicted octanol–water partition coefficient (Wildman–Crippen LogP) is 4.51. The topological polar surface area (TPSA) is 41.5 Å². The van der Waals surface area contributed by atoms with E-state index in [0.717, 1.165) is 22.4 Å². The van der Waals surface area contributed by atoms with Gasteiger partial charge in [0.25, 0.3) is 5.91 Å². The summed E-state index contributed by atoms with van der Waals surface area (Å²) in [5.41, 5.74) is 7.15. The van der Waals surface area contributed by atoms with Crippen molar-refractivity contribution in [3.63, 3.8) is 0 Å². The fourth-order valence-electron chi connectivity index (χ4n) is 2.39. The number of nitrogens with one attached hydrogen (secondary N) is 1. The second-order valence-corrected chi connectivity index (χ2v) is 5.45. The monoisotopic (exact) mass is 314 g/mol. The molecule has 0 heterocycles. The highest BCUT2D eigenvalue weighted by Gasteiger charge is 2.05. The molecule has 0 atom stereocenters. The number of amides is 1. The highest BCUT2D eigenvalue weighted by Crippen LogP contribution is 2.19. The van der Waals surface area contributed by atoms with Crippen LogP contribution in [-0.4, -0.2) is 11.6 Å². The van der Waals surface area contributed by atoms with Gasteiger partial charge in [0.15, 0.2) is 0 Å². The Morgan fingerprint density at radius 3 is 1.88 bits per heavy atom. The average Bonchev–Trinajstić information content (AvgIpc) is 2.67. The largest absolute Gasteiger partial charge is 0.271 e. The van der Waals surface area contributed by atoms with Crippen LogP contribution in [0.3, 0.4) is 0 Å². The van der Waals surface area contributed by atoms with Gasteiger partial charge >= 0.3 is 0 Å². The minimum absolute atomic E-state index is 0.218. The molecule has 3 aromatic rings. The van der Waals surface area contributed by atoms with Crippen molar-refractivity contribution < 1.29 is 4.79 Å². The first-order valence-electron chi connectivity index (χ1n) is 7.79. The van der Waals surface area contributed by atoms with Gasteiger partial charge in [-0.2, -0.15) is 5.10 Å². The molecule has 0 saturated carbocycles. The number of carbonyl (C=O) groups is 1. The molecule has 118 valence electrons. The Kier molecular flexibility index (Phi) is 4.82. The third kappa shape index (κ3) is 3.76. The summed E-state index contributed by atoms with van der Waals surface area (Å²) in [7, 11) is 0. The molecule has 0 aliphatic heterocycles. The highest BCUT2D eigenvalue weighted by atomic mass is 16.2. The Morgan fingerprint density at radius 1 is 0.708 bits per heavy atom. The van der Waals surface area contributed by atoms with E-state index in [4.69, 9.17) is 0 Å².